The number of anilines is 2. The minimum Gasteiger partial charge on any atom is -0.383 e. The number of rotatable bonds is 7. The Bertz CT molecular complexity index is 1300. The third-order valence-corrected chi connectivity index (χ3v) is 6.16. The molecule has 0 spiro atoms. The number of hydrazine groups is 2. The van der Waals surface area contributed by atoms with E-state index in [9.17, 15) is 9.65 Å². The SMILES string of the molecule is CC(C)(C)CNc1c(C#N)cnc2ccc(N[C@H](C3=CN(C4CC4)NN3)c3ccc(F)cc3)cc12. The lowest BCUT2D eigenvalue weighted by molar-refractivity contribution is 0.260. The molecule has 2 heterocycles. The molecule has 1 fully saturated rings. The quantitative estimate of drug-likeness (QED) is 0.377. The Morgan fingerprint density at radius 1 is 1.20 bits per heavy atom. The molecule has 180 valence electrons. The molecule has 7 nitrogen and oxygen atoms in total. The van der Waals surface area contributed by atoms with Crippen LogP contribution in [0.5, 0.6) is 0 Å². The van der Waals surface area contributed by atoms with E-state index in [4.69, 9.17) is 0 Å². The fraction of sp³-hybridized carbons (Fsp3) is 0.333. The van der Waals surface area contributed by atoms with Crippen LogP contribution in [0.3, 0.4) is 0 Å². The zero-order valence-electron chi connectivity index (χ0n) is 20.2. The summed E-state index contributed by atoms with van der Waals surface area (Å²) in [4.78, 5) is 4.49. The largest absolute Gasteiger partial charge is 0.383 e. The summed E-state index contributed by atoms with van der Waals surface area (Å²) in [5.41, 5.74) is 11.4. The molecule has 2 aliphatic rings. The van der Waals surface area contributed by atoms with Crippen molar-refractivity contribution in [1.82, 2.24) is 21.0 Å². The maximum atomic E-state index is 13.7. The molecule has 5 rings (SSSR count). The molecule has 8 heteroatoms. The number of aromatic nitrogens is 1. The van der Waals surface area contributed by atoms with Crippen LogP contribution in [-0.2, 0) is 0 Å². The molecular weight excluding hydrogens is 441 g/mol. The van der Waals surface area contributed by atoms with Crippen molar-refractivity contribution in [2.75, 3.05) is 17.2 Å². The summed E-state index contributed by atoms with van der Waals surface area (Å²) in [6.45, 7) is 7.17. The lowest BCUT2D eigenvalue weighted by Crippen LogP contribution is -2.38. The highest BCUT2D eigenvalue weighted by Gasteiger charge is 2.32. The van der Waals surface area contributed by atoms with Crippen LogP contribution in [0.25, 0.3) is 10.9 Å². The van der Waals surface area contributed by atoms with E-state index in [0.29, 0.717) is 11.6 Å². The molecule has 1 aliphatic carbocycles. The van der Waals surface area contributed by atoms with Crippen LogP contribution in [0.15, 0.2) is 60.6 Å². The van der Waals surface area contributed by atoms with Gasteiger partial charge in [-0.15, -0.1) is 5.53 Å². The van der Waals surface area contributed by atoms with Crippen molar-refractivity contribution < 1.29 is 4.39 Å². The first-order valence-electron chi connectivity index (χ1n) is 11.9. The third-order valence-electron chi connectivity index (χ3n) is 6.16. The van der Waals surface area contributed by atoms with Gasteiger partial charge in [-0.2, -0.15) is 5.26 Å². The third kappa shape index (κ3) is 5.15. The van der Waals surface area contributed by atoms with Crippen molar-refractivity contribution in [3.63, 3.8) is 0 Å². The zero-order valence-corrected chi connectivity index (χ0v) is 20.2. The smallest absolute Gasteiger partial charge is 0.123 e. The van der Waals surface area contributed by atoms with Gasteiger partial charge in [-0.1, -0.05) is 32.9 Å². The maximum absolute atomic E-state index is 13.7. The van der Waals surface area contributed by atoms with Crippen LogP contribution in [-0.4, -0.2) is 22.6 Å². The number of nitrogens with one attached hydrogen (secondary N) is 4. The maximum Gasteiger partial charge on any atom is 0.123 e. The van der Waals surface area contributed by atoms with Gasteiger partial charge >= 0.3 is 0 Å². The average Bonchev–Trinajstić information content (AvgIpc) is 3.57. The fourth-order valence-electron chi connectivity index (χ4n) is 4.11. The summed E-state index contributed by atoms with van der Waals surface area (Å²) >= 11 is 0. The summed E-state index contributed by atoms with van der Waals surface area (Å²) in [5, 5.41) is 19.8. The fourth-order valence-corrected chi connectivity index (χ4v) is 4.11. The van der Waals surface area contributed by atoms with E-state index in [0.717, 1.165) is 52.9 Å². The van der Waals surface area contributed by atoms with Gasteiger partial charge in [-0.05, 0) is 54.2 Å². The molecule has 0 saturated heterocycles. The molecule has 1 aromatic heterocycles. The minimum atomic E-state index is -0.269. The van der Waals surface area contributed by atoms with Crippen LogP contribution in [0.4, 0.5) is 15.8 Å². The first-order valence-corrected chi connectivity index (χ1v) is 11.9. The van der Waals surface area contributed by atoms with Gasteiger partial charge in [0.15, 0.2) is 0 Å². The highest BCUT2D eigenvalue weighted by molar-refractivity contribution is 5.96. The van der Waals surface area contributed by atoms with Gasteiger partial charge in [-0.25, -0.2) is 4.39 Å². The molecule has 4 N–H and O–H groups in total. The molecule has 0 radical (unpaired) electrons. The zero-order chi connectivity index (χ0) is 24.6. The molecule has 0 amide bonds. The van der Waals surface area contributed by atoms with Gasteiger partial charge in [0, 0.05) is 36.1 Å². The second-order valence-corrected chi connectivity index (χ2v) is 10.4. The van der Waals surface area contributed by atoms with Crippen LogP contribution in [0, 0.1) is 22.6 Å². The van der Waals surface area contributed by atoms with Gasteiger partial charge in [0.1, 0.15) is 11.9 Å². The summed E-state index contributed by atoms with van der Waals surface area (Å²) in [7, 11) is 0. The number of hydrogen-bond acceptors (Lipinski definition) is 7. The average molecular weight is 472 g/mol. The lowest BCUT2D eigenvalue weighted by atomic mass is 9.96. The molecule has 3 aromatic rings. The number of benzene rings is 2. The molecule has 2 aromatic carbocycles. The Morgan fingerprint density at radius 3 is 2.66 bits per heavy atom. The molecule has 1 saturated carbocycles. The molecule has 35 heavy (non-hydrogen) atoms. The number of pyridine rings is 1. The molecule has 0 unspecified atom stereocenters. The van der Waals surface area contributed by atoms with E-state index in [1.807, 2.05) is 18.2 Å². The van der Waals surface area contributed by atoms with Crippen molar-refractivity contribution >= 4 is 22.3 Å². The van der Waals surface area contributed by atoms with Crippen molar-refractivity contribution in [2.24, 2.45) is 5.41 Å². The number of fused-ring (bicyclic) bond motifs is 1. The summed E-state index contributed by atoms with van der Waals surface area (Å²) in [6, 6.07) is 15.0. The Kier molecular flexibility index (Phi) is 5.95. The Hall–Kier alpha value is -3.83. The molecule has 1 atom stereocenters. The summed E-state index contributed by atoms with van der Waals surface area (Å²) < 4.78 is 13.7. The Morgan fingerprint density at radius 2 is 1.97 bits per heavy atom. The van der Waals surface area contributed by atoms with Gasteiger partial charge in [0.05, 0.1) is 28.5 Å². The van der Waals surface area contributed by atoms with Crippen LogP contribution in [0.2, 0.25) is 0 Å². The summed E-state index contributed by atoms with van der Waals surface area (Å²) in [6.07, 6.45) is 6.02. The van der Waals surface area contributed by atoms with Crippen LogP contribution in [0.1, 0.15) is 50.8 Å². The van der Waals surface area contributed by atoms with Crippen molar-refractivity contribution in [2.45, 2.75) is 45.7 Å². The highest BCUT2D eigenvalue weighted by atomic mass is 19.1. The number of hydrogen-bond donors (Lipinski definition) is 4. The van der Waals surface area contributed by atoms with E-state index in [1.54, 1.807) is 18.3 Å². The Balaban J connectivity index is 1.51. The van der Waals surface area contributed by atoms with E-state index < -0.39 is 0 Å². The second-order valence-electron chi connectivity index (χ2n) is 10.4. The second kappa shape index (κ2) is 9.08. The first-order chi connectivity index (χ1) is 16.8. The van der Waals surface area contributed by atoms with Crippen molar-refractivity contribution in [1.29, 1.82) is 5.26 Å². The predicted octanol–water partition coefficient (Wildman–Crippen LogP) is 5.19. The van der Waals surface area contributed by atoms with Gasteiger partial charge in [0.2, 0.25) is 0 Å². The van der Waals surface area contributed by atoms with E-state index >= 15 is 0 Å². The summed E-state index contributed by atoms with van der Waals surface area (Å²) in [5.74, 6) is -0.269. The van der Waals surface area contributed by atoms with Crippen LogP contribution < -0.4 is 21.6 Å². The lowest BCUT2D eigenvalue weighted by Gasteiger charge is -2.23. The number of nitriles is 1. The van der Waals surface area contributed by atoms with Crippen molar-refractivity contribution in [3.8, 4) is 6.07 Å². The van der Waals surface area contributed by atoms with Crippen molar-refractivity contribution in [3.05, 3.63) is 77.5 Å². The highest BCUT2D eigenvalue weighted by Crippen LogP contribution is 2.34. The van der Waals surface area contributed by atoms with Crippen LogP contribution >= 0.6 is 0 Å². The number of nitrogens with zero attached hydrogens (tertiary/aromatic N) is 3. The van der Waals surface area contributed by atoms with Gasteiger partial charge in [-0.3, -0.25) is 9.99 Å². The monoisotopic (exact) mass is 471 g/mol. The molecule has 0 bridgehead atoms. The first kappa shape index (κ1) is 22.9. The minimum absolute atomic E-state index is 0.0485. The standard InChI is InChI=1S/C27H30FN7/c1-27(2,3)16-31-25-18(13-29)14-30-23-11-8-20(12-22(23)25)32-26(17-4-6-19(28)7-5-17)24-15-35(34-33-24)21-9-10-21/h4-8,11-12,14-15,21,26,32-34H,9-10,16H2,1-3H3,(H,30,31)/t26-/m0/s1. The predicted molar refractivity (Wildman–Crippen MR) is 136 cm³/mol. The number of halogens is 1. The van der Waals surface area contributed by atoms with E-state index in [-0.39, 0.29) is 17.3 Å². The molecular formula is C27H30FN7. The topological polar surface area (TPSA) is 88.0 Å². The van der Waals surface area contributed by atoms with Gasteiger partial charge in [0.25, 0.3) is 0 Å². The van der Waals surface area contributed by atoms with Gasteiger partial charge < -0.3 is 16.1 Å². The van der Waals surface area contributed by atoms with E-state index in [1.165, 1.54) is 12.1 Å². The van der Waals surface area contributed by atoms with E-state index in [2.05, 4.69) is 64.6 Å². The molecule has 1 aliphatic heterocycles. The Labute approximate surface area is 205 Å². The normalized spacial score (nSPS) is 16.4.